The molecular weight excluding hydrogens is 707 g/mol. The SMILES string of the molecule is COC(=O)[C@H]1N(Cc2ccccc2)[C@@H](CO)C[C@]12O[C@H](COCc1ccccc1)[C@@H](OCc1ccccc1)[C@H](OCc1ccccc1)[C@H]2OCc1ccccc1. The van der Waals surface area contributed by atoms with E-state index in [4.69, 9.17) is 28.4 Å². The van der Waals surface area contributed by atoms with Crippen LogP contribution in [0.3, 0.4) is 0 Å². The molecule has 0 aliphatic carbocycles. The molecule has 1 N–H and O–H groups in total. The molecule has 2 fully saturated rings. The monoisotopic (exact) mass is 757 g/mol. The fourth-order valence-electron chi connectivity index (χ4n) is 8.09. The van der Waals surface area contributed by atoms with E-state index in [1.54, 1.807) is 0 Å². The zero-order valence-electron chi connectivity index (χ0n) is 31.8. The molecule has 2 heterocycles. The van der Waals surface area contributed by atoms with Crippen LogP contribution in [0.2, 0.25) is 0 Å². The molecule has 7 atom stereocenters. The number of likely N-dealkylation sites (tertiary alicyclic amines) is 1. The molecule has 1 spiro atoms. The summed E-state index contributed by atoms with van der Waals surface area (Å²) in [4.78, 5) is 16.4. The number of rotatable bonds is 17. The van der Waals surface area contributed by atoms with Crippen LogP contribution in [0.15, 0.2) is 152 Å². The summed E-state index contributed by atoms with van der Waals surface area (Å²) < 4.78 is 40.4. The van der Waals surface area contributed by atoms with Gasteiger partial charge in [-0.3, -0.25) is 9.69 Å². The zero-order chi connectivity index (χ0) is 38.6. The van der Waals surface area contributed by atoms with Crippen molar-refractivity contribution in [3.8, 4) is 0 Å². The Morgan fingerprint density at radius 3 is 1.57 bits per heavy atom. The molecule has 0 unspecified atom stereocenters. The van der Waals surface area contributed by atoms with Gasteiger partial charge in [0.1, 0.15) is 36.1 Å². The lowest BCUT2D eigenvalue weighted by Crippen LogP contribution is -2.71. The van der Waals surface area contributed by atoms with Crippen LogP contribution in [0.4, 0.5) is 0 Å². The first-order valence-corrected chi connectivity index (χ1v) is 19.3. The van der Waals surface area contributed by atoms with E-state index in [0.29, 0.717) is 13.2 Å². The largest absolute Gasteiger partial charge is 0.468 e. The van der Waals surface area contributed by atoms with Gasteiger partial charge in [0.2, 0.25) is 0 Å². The maximum absolute atomic E-state index is 14.4. The molecule has 9 heteroatoms. The Kier molecular flexibility index (Phi) is 13.7. The summed E-state index contributed by atoms with van der Waals surface area (Å²) in [7, 11) is 1.39. The summed E-state index contributed by atoms with van der Waals surface area (Å²) in [5.74, 6) is -0.486. The van der Waals surface area contributed by atoms with Crippen molar-refractivity contribution in [1.29, 1.82) is 0 Å². The third-order valence-corrected chi connectivity index (χ3v) is 10.7. The quantitative estimate of drug-likeness (QED) is 0.102. The summed E-state index contributed by atoms with van der Waals surface area (Å²) >= 11 is 0. The predicted octanol–water partition coefficient (Wildman–Crippen LogP) is 6.91. The minimum Gasteiger partial charge on any atom is -0.468 e. The van der Waals surface area contributed by atoms with Crippen molar-refractivity contribution in [3.63, 3.8) is 0 Å². The average Bonchev–Trinajstić information content (AvgIpc) is 3.56. The lowest BCUT2D eigenvalue weighted by molar-refractivity contribution is -0.312. The van der Waals surface area contributed by atoms with Gasteiger partial charge in [-0.2, -0.15) is 0 Å². The molecule has 9 nitrogen and oxygen atoms in total. The van der Waals surface area contributed by atoms with Gasteiger partial charge in [0.05, 0.1) is 46.8 Å². The van der Waals surface area contributed by atoms with Gasteiger partial charge in [0, 0.05) is 12.6 Å². The third kappa shape index (κ3) is 9.45. The Morgan fingerprint density at radius 2 is 1.09 bits per heavy atom. The van der Waals surface area contributed by atoms with E-state index < -0.39 is 48.1 Å². The third-order valence-electron chi connectivity index (χ3n) is 10.7. The van der Waals surface area contributed by atoms with Crippen molar-refractivity contribution >= 4 is 5.97 Å². The van der Waals surface area contributed by atoms with Gasteiger partial charge in [0.25, 0.3) is 0 Å². The second-order valence-electron chi connectivity index (χ2n) is 14.5. The molecule has 0 aromatic heterocycles. The lowest BCUT2D eigenvalue weighted by Gasteiger charge is -2.53. The molecule has 2 aliphatic heterocycles. The molecule has 56 heavy (non-hydrogen) atoms. The Balaban J connectivity index is 1.33. The molecule has 7 rings (SSSR count). The second kappa shape index (κ2) is 19.4. The summed E-state index contributed by atoms with van der Waals surface area (Å²) in [6.45, 7) is 1.42. The van der Waals surface area contributed by atoms with Crippen LogP contribution in [0, 0.1) is 0 Å². The Labute approximate surface area is 329 Å². The Bertz CT molecular complexity index is 1900. The van der Waals surface area contributed by atoms with Crippen molar-refractivity contribution in [1.82, 2.24) is 4.90 Å². The maximum atomic E-state index is 14.4. The van der Waals surface area contributed by atoms with E-state index >= 15 is 0 Å². The molecule has 0 amide bonds. The topological polar surface area (TPSA) is 95.9 Å². The van der Waals surface area contributed by atoms with Gasteiger partial charge < -0.3 is 33.5 Å². The highest BCUT2D eigenvalue weighted by molar-refractivity contribution is 5.78. The van der Waals surface area contributed by atoms with E-state index in [1.165, 1.54) is 7.11 Å². The average molecular weight is 758 g/mol. The van der Waals surface area contributed by atoms with E-state index in [-0.39, 0.29) is 39.5 Å². The highest BCUT2D eigenvalue weighted by atomic mass is 16.6. The first-order valence-electron chi connectivity index (χ1n) is 19.3. The number of aliphatic hydroxyl groups is 1. The van der Waals surface area contributed by atoms with Crippen LogP contribution in [-0.4, -0.2) is 78.4 Å². The fourth-order valence-corrected chi connectivity index (χ4v) is 8.09. The molecule has 0 saturated carbocycles. The molecule has 5 aromatic rings. The van der Waals surface area contributed by atoms with Crippen LogP contribution in [0.25, 0.3) is 0 Å². The smallest absolute Gasteiger partial charge is 0.326 e. The van der Waals surface area contributed by atoms with Crippen LogP contribution in [0.1, 0.15) is 34.2 Å². The minimum atomic E-state index is -1.35. The number of nitrogens with zero attached hydrogens (tertiary/aromatic N) is 1. The van der Waals surface area contributed by atoms with Crippen molar-refractivity contribution < 1.29 is 38.3 Å². The lowest BCUT2D eigenvalue weighted by atomic mass is 9.78. The van der Waals surface area contributed by atoms with Gasteiger partial charge in [0.15, 0.2) is 0 Å². The normalized spacial score (nSPS) is 25.0. The molecule has 2 saturated heterocycles. The number of aliphatic hydroxyl groups excluding tert-OH is 1. The summed E-state index contributed by atoms with van der Waals surface area (Å²) in [6, 6.07) is 48.3. The number of hydrogen-bond donors (Lipinski definition) is 1. The summed E-state index contributed by atoms with van der Waals surface area (Å²) in [6.07, 6.45) is -2.72. The van der Waals surface area contributed by atoms with Gasteiger partial charge >= 0.3 is 5.97 Å². The number of carbonyl (C=O) groups is 1. The zero-order valence-corrected chi connectivity index (χ0v) is 31.8. The summed E-state index contributed by atoms with van der Waals surface area (Å²) in [5, 5.41) is 11.0. The highest BCUT2D eigenvalue weighted by Crippen LogP contribution is 2.48. The number of ether oxygens (including phenoxy) is 6. The van der Waals surface area contributed by atoms with Gasteiger partial charge in [-0.05, 0) is 34.2 Å². The van der Waals surface area contributed by atoms with Crippen molar-refractivity contribution in [2.24, 2.45) is 0 Å². The molecule has 0 bridgehead atoms. The first-order chi connectivity index (χ1) is 27.6. The van der Waals surface area contributed by atoms with Crippen molar-refractivity contribution in [2.45, 2.75) is 81.5 Å². The second-order valence-corrected chi connectivity index (χ2v) is 14.5. The number of esters is 1. The molecule has 5 aromatic carbocycles. The summed E-state index contributed by atoms with van der Waals surface area (Å²) in [5.41, 5.74) is 3.57. The van der Waals surface area contributed by atoms with Crippen LogP contribution in [0.5, 0.6) is 0 Å². The first kappa shape index (κ1) is 39.5. The van der Waals surface area contributed by atoms with Gasteiger partial charge in [-0.25, -0.2) is 0 Å². The molecule has 2 aliphatic rings. The number of hydrogen-bond acceptors (Lipinski definition) is 9. The molecule has 0 radical (unpaired) electrons. The van der Waals surface area contributed by atoms with Gasteiger partial charge in [-0.1, -0.05) is 152 Å². The van der Waals surface area contributed by atoms with E-state index in [2.05, 4.69) is 0 Å². The minimum absolute atomic E-state index is 0.142. The predicted molar refractivity (Wildman–Crippen MR) is 212 cm³/mol. The van der Waals surface area contributed by atoms with Crippen molar-refractivity contribution in [2.75, 3.05) is 20.3 Å². The van der Waals surface area contributed by atoms with Gasteiger partial charge in [-0.15, -0.1) is 0 Å². The fraction of sp³-hybridized carbons (Fsp3) is 0.340. The van der Waals surface area contributed by atoms with E-state index in [9.17, 15) is 9.90 Å². The van der Waals surface area contributed by atoms with Crippen LogP contribution < -0.4 is 0 Å². The number of carbonyl (C=O) groups excluding carboxylic acids is 1. The van der Waals surface area contributed by atoms with Crippen molar-refractivity contribution in [3.05, 3.63) is 179 Å². The van der Waals surface area contributed by atoms with E-state index in [0.717, 1.165) is 27.8 Å². The van der Waals surface area contributed by atoms with Crippen LogP contribution in [-0.2, 0) is 66.2 Å². The molecule has 292 valence electrons. The van der Waals surface area contributed by atoms with E-state index in [1.807, 2.05) is 157 Å². The number of methoxy groups -OCH3 is 1. The van der Waals surface area contributed by atoms with Crippen LogP contribution >= 0.6 is 0 Å². The maximum Gasteiger partial charge on any atom is 0.326 e. The molecular formula is C47H51NO8. The Morgan fingerprint density at radius 1 is 0.643 bits per heavy atom. The Hall–Kier alpha value is -4.71. The highest BCUT2D eigenvalue weighted by Gasteiger charge is 2.67. The standard InChI is InChI=1S/C47H51NO8/c1-51-46(50)44-47(27-40(29-49)48(44)28-35-17-7-2-8-18-35)45(55-33-39-25-15-6-16-26-39)43(54-32-38-23-13-5-14-24-38)42(53-31-37-21-11-4-12-22-37)41(56-47)34-52-30-36-19-9-3-10-20-36/h2-26,40-45,49H,27-34H2,1H3/t40-,41-,42-,43+,44-,45-,47+/m1/s1. The number of benzene rings is 5.